The lowest BCUT2D eigenvalue weighted by Gasteiger charge is -2.09. The van der Waals surface area contributed by atoms with Crippen molar-refractivity contribution in [1.82, 2.24) is 19.6 Å². The molecule has 3 aromatic heterocycles. The van der Waals surface area contributed by atoms with Crippen molar-refractivity contribution in [2.45, 2.75) is 6.18 Å². The van der Waals surface area contributed by atoms with Gasteiger partial charge in [-0.05, 0) is 6.07 Å². The molecule has 8 nitrogen and oxygen atoms in total. The summed E-state index contributed by atoms with van der Waals surface area (Å²) in [4.78, 5) is 19.8. The van der Waals surface area contributed by atoms with Crippen LogP contribution in [0.25, 0.3) is 5.65 Å². The number of amides is 1. The number of nitrogens with zero attached hydrogens (tertiary/aromatic N) is 4. The number of nitrogen functional groups attached to an aromatic ring is 1. The fourth-order valence-electron chi connectivity index (χ4n) is 2.16. The van der Waals surface area contributed by atoms with E-state index in [9.17, 15) is 18.0 Å². The van der Waals surface area contributed by atoms with E-state index in [1.165, 1.54) is 25.6 Å². The van der Waals surface area contributed by atoms with Crippen molar-refractivity contribution in [2.75, 3.05) is 18.2 Å². The molecule has 25 heavy (non-hydrogen) atoms. The lowest BCUT2D eigenvalue weighted by molar-refractivity contribution is -0.141. The molecule has 0 unspecified atom stereocenters. The molecule has 0 aliphatic carbocycles. The van der Waals surface area contributed by atoms with Crippen LogP contribution in [0.5, 0.6) is 5.75 Å². The number of methoxy groups -OCH3 is 1. The van der Waals surface area contributed by atoms with Gasteiger partial charge in [-0.1, -0.05) is 0 Å². The highest BCUT2D eigenvalue weighted by Gasteiger charge is 2.33. The molecule has 130 valence electrons. The first-order chi connectivity index (χ1) is 11.8. The van der Waals surface area contributed by atoms with Crippen molar-refractivity contribution >= 4 is 23.1 Å². The van der Waals surface area contributed by atoms with Crippen molar-refractivity contribution in [3.63, 3.8) is 0 Å². The Morgan fingerprint density at radius 2 is 2.12 bits per heavy atom. The first-order valence-corrected chi connectivity index (χ1v) is 6.82. The Labute approximate surface area is 138 Å². The summed E-state index contributed by atoms with van der Waals surface area (Å²) < 4.78 is 44.6. The highest BCUT2D eigenvalue weighted by atomic mass is 19.4. The van der Waals surface area contributed by atoms with Crippen molar-refractivity contribution in [1.29, 1.82) is 0 Å². The Hall–Kier alpha value is -3.37. The second-order valence-corrected chi connectivity index (χ2v) is 4.87. The highest BCUT2D eigenvalue weighted by Crippen LogP contribution is 2.29. The summed E-state index contributed by atoms with van der Waals surface area (Å²) in [5.41, 5.74) is 4.15. The van der Waals surface area contributed by atoms with Gasteiger partial charge in [-0.25, -0.2) is 9.50 Å². The lowest BCUT2D eigenvalue weighted by Crippen LogP contribution is -2.15. The molecule has 0 aliphatic rings. The molecule has 0 bridgehead atoms. The zero-order valence-electron chi connectivity index (χ0n) is 12.7. The predicted molar refractivity (Wildman–Crippen MR) is 81.1 cm³/mol. The number of pyridine rings is 1. The second kappa shape index (κ2) is 5.92. The normalized spacial score (nSPS) is 11.5. The molecule has 0 saturated carbocycles. The molecule has 1 amide bonds. The number of carbonyl (C=O) groups excluding carboxylic acids is 1. The molecule has 0 aliphatic heterocycles. The van der Waals surface area contributed by atoms with Crippen molar-refractivity contribution in [3.8, 4) is 5.75 Å². The summed E-state index contributed by atoms with van der Waals surface area (Å²) >= 11 is 0. The van der Waals surface area contributed by atoms with Gasteiger partial charge in [0.2, 0.25) is 0 Å². The highest BCUT2D eigenvalue weighted by molar-refractivity contribution is 6.12. The van der Waals surface area contributed by atoms with Gasteiger partial charge < -0.3 is 15.8 Å². The average Bonchev–Trinajstić information content (AvgIpc) is 2.89. The van der Waals surface area contributed by atoms with E-state index in [4.69, 9.17) is 10.5 Å². The van der Waals surface area contributed by atoms with E-state index >= 15 is 0 Å². The van der Waals surface area contributed by atoms with Crippen LogP contribution in [0.3, 0.4) is 0 Å². The lowest BCUT2D eigenvalue weighted by atomic mass is 10.2. The summed E-state index contributed by atoms with van der Waals surface area (Å²) in [6, 6.07) is 2.25. The number of ether oxygens (including phenoxy) is 1. The standard InChI is InChI=1S/C14H11F3N6O2/c1-25-8-2-4-19-6-7(8)20-13(24)10-11(18)22-23-5-3-9(14(15,16)17)21-12(10)23/h2-6H,1H3,(H2,18,22)(H,20,24). The summed E-state index contributed by atoms with van der Waals surface area (Å²) in [5, 5.41) is 6.27. The third-order valence-corrected chi connectivity index (χ3v) is 3.28. The van der Waals surface area contributed by atoms with E-state index in [0.29, 0.717) is 5.75 Å². The first kappa shape index (κ1) is 16.5. The molecule has 0 atom stereocenters. The number of fused-ring (bicyclic) bond motifs is 1. The number of hydrogen-bond donors (Lipinski definition) is 2. The van der Waals surface area contributed by atoms with Crippen LogP contribution in [0.2, 0.25) is 0 Å². The average molecular weight is 352 g/mol. The maximum Gasteiger partial charge on any atom is 0.433 e. The van der Waals surface area contributed by atoms with Crippen LogP contribution in [-0.2, 0) is 6.18 Å². The van der Waals surface area contributed by atoms with Gasteiger partial charge in [-0.2, -0.15) is 13.2 Å². The van der Waals surface area contributed by atoms with Gasteiger partial charge in [-0.3, -0.25) is 9.78 Å². The van der Waals surface area contributed by atoms with Gasteiger partial charge in [0.05, 0.1) is 13.3 Å². The maximum absolute atomic E-state index is 12.9. The molecule has 11 heteroatoms. The Morgan fingerprint density at radius 1 is 1.36 bits per heavy atom. The van der Waals surface area contributed by atoms with Crippen LogP contribution in [0.4, 0.5) is 24.7 Å². The zero-order chi connectivity index (χ0) is 18.2. The number of carbonyl (C=O) groups is 1. The number of aromatic nitrogens is 4. The van der Waals surface area contributed by atoms with E-state index in [1.54, 1.807) is 0 Å². The number of hydrogen-bond acceptors (Lipinski definition) is 6. The molecule has 0 fully saturated rings. The third-order valence-electron chi connectivity index (χ3n) is 3.28. The molecule has 0 aromatic carbocycles. The van der Waals surface area contributed by atoms with E-state index in [2.05, 4.69) is 20.4 Å². The Balaban J connectivity index is 2.05. The summed E-state index contributed by atoms with van der Waals surface area (Å²) in [7, 11) is 1.39. The van der Waals surface area contributed by atoms with Crippen LogP contribution >= 0.6 is 0 Å². The Morgan fingerprint density at radius 3 is 2.80 bits per heavy atom. The number of halogens is 3. The van der Waals surface area contributed by atoms with Gasteiger partial charge in [0, 0.05) is 18.5 Å². The van der Waals surface area contributed by atoms with Gasteiger partial charge in [-0.15, -0.1) is 5.10 Å². The minimum Gasteiger partial charge on any atom is -0.494 e. The van der Waals surface area contributed by atoms with Crippen LogP contribution in [0.15, 0.2) is 30.7 Å². The summed E-state index contributed by atoms with van der Waals surface area (Å²) in [5.74, 6) is -0.722. The Bertz CT molecular complexity index is 953. The van der Waals surface area contributed by atoms with E-state index < -0.39 is 17.8 Å². The fraction of sp³-hybridized carbons (Fsp3) is 0.143. The number of rotatable bonds is 3. The maximum atomic E-state index is 12.9. The molecule has 3 N–H and O–H groups in total. The number of alkyl halides is 3. The molecular weight excluding hydrogens is 341 g/mol. The molecule has 0 saturated heterocycles. The number of anilines is 2. The topological polar surface area (TPSA) is 107 Å². The minimum atomic E-state index is -4.67. The van der Waals surface area contributed by atoms with Crippen molar-refractivity contribution in [2.24, 2.45) is 0 Å². The summed E-state index contributed by atoms with van der Waals surface area (Å²) in [6.07, 6.45) is -0.855. The van der Waals surface area contributed by atoms with Crippen LogP contribution in [0, 0.1) is 0 Å². The minimum absolute atomic E-state index is 0.223. The molecule has 3 rings (SSSR count). The quantitative estimate of drug-likeness (QED) is 0.746. The monoisotopic (exact) mass is 352 g/mol. The number of nitrogens with one attached hydrogen (secondary N) is 1. The smallest absolute Gasteiger partial charge is 0.433 e. The third kappa shape index (κ3) is 3.03. The molecule has 0 spiro atoms. The predicted octanol–water partition coefficient (Wildman–Crippen LogP) is 1.99. The molecule has 3 heterocycles. The van der Waals surface area contributed by atoms with Crippen molar-refractivity contribution in [3.05, 3.63) is 42.0 Å². The molecule has 0 radical (unpaired) electrons. The SMILES string of the molecule is COc1ccncc1NC(=O)c1c(N)nn2ccc(C(F)(F)F)nc12. The molecular formula is C14H11F3N6O2. The summed E-state index contributed by atoms with van der Waals surface area (Å²) in [6.45, 7) is 0. The zero-order valence-corrected chi connectivity index (χ0v) is 12.7. The van der Waals surface area contributed by atoms with Crippen LogP contribution < -0.4 is 15.8 Å². The van der Waals surface area contributed by atoms with Crippen LogP contribution in [0.1, 0.15) is 16.1 Å². The van der Waals surface area contributed by atoms with Crippen LogP contribution in [-0.4, -0.2) is 32.6 Å². The van der Waals surface area contributed by atoms with Crippen molar-refractivity contribution < 1.29 is 22.7 Å². The largest absolute Gasteiger partial charge is 0.494 e. The second-order valence-electron chi connectivity index (χ2n) is 4.87. The Kier molecular flexibility index (Phi) is 3.91. The first-order valence-electron chi connectivity index (χ1n) is 6.82. The van der Waals surface area contributed by atoms with Gasteiger partial charge in [0.15, 0.2) is 11.5 Å². The molecule has 3 aromatic rings. The van der Waals surface area contributed by atoms with Gasteiger partial charge >= 0.3 is 6.18 Å². The number of nitrogens with two attached hydrogens (primary N) is 1. The van der Waals surface area contributed by atoms with Gasteiger partial charge in [0.1, 0.15) is 22.7 Å². The van der Waals surface area contributed by atoms with E-state index in [-0.39, 0.29) is 22.7 Å². The van der Waals surface area contributed by atoms with E-state index in [1.807, 2.05) is 0 Å². The fourth-order valence-corrected chi connectivity index (χ4v) is 2.16. The van der Waals surface area contributed by atoms with Gasteiger partial charge in [0.25, 0.3) is 5.91 Å². The van der Waals surface area contributed by atoms with E-state index in [0.717, 1.165) is 16.8 Å².